The standard InChI is InChI=1S/C22H31NSi/c1-16-15-20-18(17-11-8-7-9-12-17)13-10-14-19(20)21(16)24(5,6)23-22(2,3)4/h7-14,16,21,23H,15H2,1-6H3. The van der Waals surface area contributed by atoms with E-state index < -0.39 is 8.24 Å². The Kier molecular flexibility index (Phi) is 4.48. The van der Waals surface area contributed by atoms with E-state index in [0.717, 1.165) is 0 Å². The van der Waals surface area contributed by atoms with E-state index in [4.69, 9.17) is 0 Å². The third-order valence-electron chi connectivity index (χ3n) is 5.20. The van der Waals surface area contributed by atoms with Crippen LogP contribution in [0.5, 0.6) is 0 Å². The van der Waals surface area contributed by atoms with Crippen molar-refractivity contribution in [1.82, 2.24) is 4.98 Å². The monoisotopic (exact) mass is 337 g/mol. The predicted molar refractivity (Wildman–Crippen MR) is 108 cm³/mol. The van der Waals surface area contributed by atoms with Crippen LogP contribution in [0.15, 0.2) is 48.5 Å². The minimum absolute atomic E-state index is 0.176. The first-order chi connectivity index (χ1) is 11.2. The van der Waals surface area contributed by atoms with E-state index in [2.05, 4.69) is 94.3 Å². The molecule has 0 aromatic heterocycles. The van der Waals surface area contributed by atoms with E-state index in [1.807, 2.05) is 0 Å². The molecule has 1 N–H and O–H groups in total. The Morgan fingerprint density at radius 3 is 2.25 bits per heavy atom. The minimum Gasteiger partial charge on any atom is -0.332 e. The largest absolute Gasteiger partial charge is 0.332 e. The first-order valence-corrected chi connectivity index (χ1v) is 12.2. The Balaban J connectivity index is 2.05. The summed E-state index contributed by atoms with van der Waals surface area (Å²) in [5, 5.41) is 0. The lowest BCUT2D eigenvalue weighted by Crippen LogP contribution is -2.58. The van der Waals surface area contributed by atoms with Gasteiger partial charge in [-0.1, -0.05) is 68.5 Å². The van der Waals surface area contributed by atoms with Gasteiger partial charge in [0.15, 0.2) is 0 Å². The molecule has 0 fully saturated rings. The number of hydrogen-bond acceptors (Lipinski definition) is 1. The number of nitrogens with one attached hydrogen (secondary N) is 1. The maximum Gasteiger partial charge on any atom is 0.127 e. The van der Waals surface area contributed by atoms with Crippen LogP contribution in [-0.4, -0.2) is 13.8 Å². The summed E-state index contributed by atoms with van der Waals surface area (Å²) in [6.45, 7) is 14.3. The van der Waals surface area contributed by atoms with Crippen LogP contribution in [0.3, 0.4) is 0 Å². The highest BCUT2D eigenvalue weighted by Gasteiger charge is 2.44. The molecule has 3 rings (SSSR count). The number of benzene rings is 2. The van der Waals surface area contributed by atoms with Crippen molar-refractivity contribution in [2.75, 3.05) is 0 Å². The molecular formula is C22H31NSi. The predicted octanol–water partition coefficient (Wildman–Crippen LogP) is 5.76. The van der Waals surface area contributed by atoms with Crippen LogP contribution in [0, 0.1) is 5.92 Å². The van der Waals surface area contributed by atoms with E-state index in [-0.39, 0.29) is 5.54 Å². The lowest BCUT2D eigenvalue weighted by Gasteiger charge is -2.40. The quantitative estimate of drug-likeness (QED) is 0.702. The van der Waals surface area contributed by atoms with Crippen molar-refractivity contribution < 1.29 is 0 Å². The molecule has 0 bridgehead atoms. The smallest absolute Gasteiger partial charge is 0.127 e. The molecule has 1 aliphatic rings. The van der Waals surface area contributed by atoms with Gasteiger partial charge < -0.3 is 4.98 Å². The number of fused-ring (bicyclic) bond motifs is 1. The molecular weight excluding hydrogens is 306 g/mol. The second-order valence-electron chi connectivity index (χ2n) is 9.00. The van der Waals surface area contributed by atoms with Gasteiger partial charge >= 0.3 is 0 Å². The van der Waals surface area contributed by atoms with Gasteiger partial charge in [-0.15, -0.1) is 0 Å². The third kappa shape index (κ3) is 3.36. The van der Waals surface area contributed by atoms with Gasteiger partial charge in [0.2, 0.25) is 0 Å². The highest BCUT2D eigenvalue weighted by atomic mass is 28.3. The summed E-state index contributed by atoms with van der Waals surface area (Å²) in [5.41, 5.74) is 6.81. The number of hydrogen-bond donors (Lipinski definition) is 1. The maximum absolute atomic E-state index is 4.01. The van der Waals surface area contributed by atoms with Gasteiger partial charge in [0.05, 0.1) is 0 Å². The maximum atomic E-state index is 4.01. The Hall–Kier alpha value is -1.38. The van der Waals surface area contributed by atoms with Crippen LogP contribution in [0.1, 0.15) is 44.4 Å². The Morgan fingerprint density at radius 1 is 0.958 bits per heavy atom. The van der Waals surface area contributed by atoms with Crippen molar-refractivity contribution in [2.24, 2.45) is 5.92 Å². The van der Waals surface area contributed by atoms with Gasteiger partial charge in [-0.05, 0) is 60.9 Å². The normalized spacial score (nSPS) is 20.9. The highest BCUT2D eigenvalue weighted by molar-refractivity contribution is 6.76. The molecule has 0 radical (unpaired) electrons. The third-order valence-corrected chi connectivity index (χ3v) is 9.03. The highest BCUT2D eigenvalue weighted by Crippen LogP contribution is 2.46. The lowest BCUT2D eigenvalue weighted by atomic mass is 9.97. The van der Waals surface area contributed by atoms with Gasteiger partial charge in [0.1, 0.15) is 8.24 Å². The van der Waals surface area contributed by atoms with Crippen molar-refractivity contribution in [2.45, 2.75) is 58.3 Å². The fourth-order valence-electron chi connectivity index (χ4n) is 4.90. The zero-order chi connectivity index (χ0) is 17.5. The van der Waals surface area contributed by atoms with Crippen LogP contribution < -0.4 is 4.98 Å². The average Bonchev–Trinajstić information content (AvgIpc) is 2.82. The van der Waals surface area contributed by atoms with Gasteiger partial charge in [-0.2, -0.15) is 0 Å². The molecule has 0 saturated carbocycles. The van der Waals surface area contributed by atoms with Crippen molar-refractivity contribution in [3.63, 3.8) is 0 Å². The Bertz CT molecular complexity index is 712. The summed E-state index contributed by atoms with van der Waals surface area (Å²) >= 11 is 0. The molecule has 2 heteroatoms. The van der Waals surface area contributed by atoms with Crippen LogP contribution >= 0.6 is 0 Å². The van der Waals surface area contributed by atoms with Crippen LogP contribution in [-0.2, 0) is 6.42 Å². The summed E-state index contributed by atoms with van der Waals surface area (Å²) in [4.78, 5) is 4.01. The zero-order valence-electron chi connectivity index (χ0n) is 16.0. The Labute approximate surface area is 148 Å². The molecule has 0 spiro atoms. The molecule has 2 aromatic carbocycles. The molecule has 128 valence electrons. The lowest BCUT2D eigenvalue weighted by molar-refractivity contribution is 0.491. The molecule has 2 atom stereocenters. The van der Waals surface area contributed by atoms with E-state index in [1.54, 1.807) is 11.1 Å². The second kappa shape index (κ2) is 6.16. The SMILES string of the molecule is CC1Cc2c(-c3ccccc3)cccc2C1[Si](C)(C)NC(C)(C)C. The van der Waals surface area contributed by atoms with Crippen molar-refractivity contribution >= 4 is 8.24 Å². The molecule has 0 saturated heterocycles. The molecule has 0 amide bonds. The van der Waals surface area contributed by atoms with E-state index in [1.165, 1.54) is 17.5 Å². The summed E-state index contributed by atoms with van der Waals surface area (Å²) in [7, 11) is -1.59. The first kappa shape index (κ1) is 17.4. The fraction of sp³-hybridized carbons (Fsp3) is 0.455. The molecule has 24 heavy (non-hydrogen) atoms. The van der Waals surface area contributed by atoms with Gasteiger partial charge in [0.25, 0.3) is 0 Å². The summed E-state index contributed by atoms with van der Waals surface area (Å²) in [5.74, 6) is 0.710. The molecule has 0 heterocycles. The molecule has 0 aliphatic heterocycles. The first-order valence-electron chi connectivity index (χ1n) is 9.15. The van der Waals surface area contributed by atoms with Crippen LogP contribution in [0.25, 0.3) is 11.1 Å². The fourth-order valence-corrected chi connectivity index (χ4v) is 9.58. The summed E-state index contributed by atoms with van der Waals surface area (Å²) in [6.07, 6.45) is 1.20. The van der Waals surface area contributed by atoms with E-state index >= 15 is 0 Å². The molecule has 2 unspecified atom stereocenters. The zero-order valence-corrected chi connectivity index (χ0v) is 17.0. The minimum atomic E-state index is -1.59. The Morgan fingerprint density at radius 2 is 1.62 bits per heavy atom. The number of rotatable bonds is 3. The van der Waals surface area contributed by atoms with Crippen molar-refractivity contribution in [3.8, 4) is 11.1 Å². The summed E-state index contributed by atoms with van der Waals surface area (Å²) in [6, 6.07) is 17.8. The second-order valence-corrected chi connectivity index (χ2v) is 13.3. The molecule has 2 aromatic rings. The van der Waals surface area contributed by atoms with E-state index in [0.29, 0.717) is 11.5 Å². The average molecular weight is 338 g/mol. The molecule has 1 aliphatic carbocycles. The van der Waals surface area contributed by atoms with Crippen LogP contribution in [0.2, 0.25) is 13.1 Å². The van der Waals surface area contributed by atoms with Crippen molar-refractivity contribution in [3.05, 3.63) is 59.7 Å². The van der Waals surface area contributed by atoms with E-state index in [9.17, 15) is 0 Å². The van der Waals surface area contributed by atoms with Gasteiger partial charge in [-0.25, -0.2) is 0 Å². The van der Waals surface area contributed by atoms with Crippen molar-refractivity contribution in [1.29, 1.82) is 0 Å². The topological polar surface area (TPSA) is 12.0 Å². The summed E-state index contributed by atoms with van der Waals surface area (Å²) < 4.78 is 0. The molecule has 1 nitrogen and oxygen atoms in total. The van der Waals surface area contributed by atoms with Crippen LogP contribution in [0.4, 0.5) is 0 Å². The van der Waals surface area contributed by atoms with Gasteiger partial charge in [0, 0.05) is 5.54 Å². The van der Waals surface area contributed by atoms with Gasteiger partial charge in [-0.3, -0.25) is 0 Å².